The van der Waals surface area contributed by atoms with E-state index in [9.17, 15) is 14.4 Å². The summed E-state index contributed by atoms with van der Waals surface area (Å²) in [6.07, 6.45) is 5.69. The molecule has 3 rings (SSSR count). The number of aryl methyl sites for hydroxylation is 1. The van der Waals surface area contributed by atoms with Gasteiger partial charge in [-0.1, -0.05) is 19.8 Å². The first kappa shape index (κ1) is 19.1. The molecule has 0 atom stereocenters. The summed E-state index contributed by atoms with van der Waals surface area (Å²) >= 11 is 0. The van der Waals surface area contributed by atoms with Gasteiger partial charge in [0.15, 0.2) is 6.61 Å². The van der Waals surface area contributed by atoms with Crippen LogP contribution in [0.4, 0.5) is 0 Å². The van der Waals surface area contributed by atoms with Crippen LogP contribution in [0.15, 0.2) is 23.0 Å². The summed E-state index contributed by atoms with van der Waals surface area (Å²) in [5.41, 5.74) is 0.719. The Morgan fingerprint density at radius 1 is 1.26 bits per heavy atom. The molecule has 1 aromatic heterocycles. The lowest BCUT2D eigenvalue weighted by Gasteiger charge is -2.11. The van der Waals surface area contributed by atoms with Crippen molar-refractivity contribution in [2.45, 2.75) is 52.0 Å². The molecule has 1 amide bonds. The topological polar surface area (TPSA) is 90.3 Å². The second-order valence-corrected chi connectivity index (χ2v) is 6.81. The Morgan fingerprint density at radius 2 is 2.11 bits per heavy atom. The minimum absolute atomic E-state index is 0.0629. The fourth-order valence-corrected chi connectivity index (χ4v) is 3.22. The Bertz CT molecular complexity index is 904. The van der Waals surface area contributed by atoms with Crippen LogP contribution in [0.5, 0.6) is 0 Å². The number of nitrogens with one attached hydrogen (secondary N) is 1. The number of fused-ring (bicyclic) bond motifs is 2. The number of hydrogen-bond donors (Lipinski definition) is 1. The van der Waals surface area contributed by atoms with E-state index in [-0.39, 0.29) is 23.6 Å². The molecule has 0 saturated heterocycles. The Morgan fingerprint density at radius 3 is 2.93 bits per heavy atom. The summed E-state index contributed by atoms with van der Waals surface area (Å²) in [4.78, 5) is 41.2. The van der Waals surface area contributed by atoms with Crippen LogP contribution in [-0.4, -0.2) is 34.6 Å². The number of carbonyl (C=O) groups excluding carboxylic acids is 2. The average molecular weight is 371 g/mol. The molecule has 0 radical (unpaired) electrons. The first-order valence-corrected chi connectivity index (χ1v) is 9.57. The second kappa shape index (κ2) is 8.79. The number of nitrogens with zero attached hydrogens (tertiary/aromatic N) is 2. The smallest absolute Gasteiger partial charge is 0.338 e. The van der Waals surface area contributed by atoms with Crippen LogP contribution < -0.4 is 10.9 Å². The van der Waals surface area contributed by atoms with Gasteiger partial charge in [-0.25, -0.2) is 9.78 Å². The number of hydrogen-bond acceptors (Lipinski definition) is 5. The highest BCUT2D eigenvalue weighted by atomic mass is 16.5. The Balaban J connectivity index is 1.75. The van der Waals surface area contributed by atoms with E-state index >= 15 is 0 Å². The number of carbonyl (C=O) groups is 2. The highest BCUT2D eigenvalue weighted by molar-refractivity contribution is 5.95. The predicted octanol–water partition coefficient (Wildman–Crippen LogP) is 2.20. The molecule has 144 valence electrons. The summed E-state index contributed by atoms with van der Waals surface area (Å²) in [5.74, 6) is -0.149. The maximum atomic E-state index is 12.7. The lowest BCUT2D eigenvalue weighted by molar-refractivity contribution is -0.124. The van der Waals surface area contributed by atoms with Crippen molar-refractivity contribution in [1.82, 2.24) is 14.9 Å². The van der Waals surface area contributed by atoms with E-state index in [1.807, 2.05) is 6.92 Å². The summed E-state index contributed by atoms with van der Waals surface area (Å²) in [6, 6.07) is 4.73. The van der Waals surface area contributed by atoms with Crippen molar-refractivity contribution >= 4 is 22.8 Å². The molecule has 0 bridgehead atoms. The number of aromatic nitrogens is 2. The minimum Gasteiger partial charge on any atom is -0.452 e. The summed E-state index contributed by atoms with van der Waals surface area (Å²) in [6.45, 7) is 2.97. The molecule has 0 aliphatic carbocycles. The van der Waals surface area contributed by atoms with E-state index in [0.29, 0.717) is 24.0 Å². The number of benzene rings is 1. The minimum atomic E-state index is -0.598. The van der Waals surface area contributed by atoms with E-state index in [1.165, 1.54) is 0 Å². The fourth-order valence-electron chi connectivity index (χ4n) is 3.22. The van der Waals surface area contributed by atoms with E-state index in [4.69, 9.17) is 4.74 Å². The van der Waals surface area contributed by atoms with Crippen LogP contribution in [0.3, 0.4) is 0 Å². The molecule has 0 spiro atoms. The van der Waals surface area contributed by atoms with E-state index < -0.39 is 5.97 Å². The van der Waals surface area contributed by atoms with Crippen LogP contribution in [0.25, 0.3) is 10.9 Å². The van der Waals surface area contributed by atoms with Gasteiger partial charge in [0.1, 0.15) is 5.82 Å². The van der Waals surface area contributed by atoms with Crippen LogP contribution in [-0.2, 0) is 22.5 Å². The van der Waals surface area contributed by atoms with Gasteiger partial charge in [-0.3, -0.25) is 14.2 Å². The molecule has 0 fully saturated rings. The monoisotopic (exact) mass is 371 g/mol. The normalized spacial score (nSPS) is 13.7. The number of ether oxygens (including phenoxy) is 1. The van der Waals surface area contributed by atoms with E-state index in [0.717, 1.165) is 44.3 Å². The zero-order valence-corrected chi connectivity index (χ0v) is 15.6. The molecule has 1 N–H and O–H groups in total. The highest BCUT2D eigenvalue weighted by Crippen LogP contribution is 2.16. The van der Waals surface area contributed by atoms with Gasteiger partial charge in [-0.05, 0) is 37.5 Å². The summed E-state index contributed by atoms with van der Waals surface area (Å²) in [7, 11) is 0. The van der Waals surface area contributed by atoms with Crippen LogP contribution in [0, 0.1) is 0 Å². The standard InChI is InChI=1S/C20H25N3O4/c1-2-3-10-21-18(24)13-27-20(26)14-8-9-15-16(12-14)22-17-7-5-4-6-11-23(17)19(15)25/h8-9,12H,2-7,10-11,13H2,1H3,(H,21,24). The third-order valence-electron chi connectivity index (χ3n) is 4.74. The molecular formula is C20H25N3O4. The molecule has 7 nitrogen and oxygen atoms in total. The van der Waals surface area contributed by atoms with Gasteiger partial charge in [-0.15, -0.1) is 0 Å². The van der Waals surface area contributed by atoms with Crippen LogP contribution in [0.2, 0.25) is 0 Å². The van der Waals surface area contributed by atoms with Gasteiger partial charge in [0.2, 0.25) is 0 Å². The molecule has 7 heteroatoms. The molecule has 0 saturated carbocycles. The first-order valence-electron chi connectivity index (χ1n) is 9.57. The predicted molar refractivity (Wildman–Crippen MR) is 102 cm³/mol. The number of unbranched alkanes of at least 4 members (excludes halogenated alkanes) is 1. The maximum absolute atomic E-state index is 12.7. The lowest BCUT2D eigenvalue weighted by Crippen LogP contribution is -2.29. The van der Waals surface area contributed by atoms with E-state index in [1.54, 1.807) is 22.8 Å². The van der Waals surface area contributed by atoms with Crippen molar-refractivity contribution in [1.29, 1.82) is 0 Å². The van der Waals surface area contributed by atoms with Crippen molar-refractivity contribution in [2.75, 3.05) is 13.2 Å². The van der Waals surface area contributed by atoms with Gasteiger partial charge in [-0.2, -0.15) is 0 Å². The number of esters is 1. The van der Waals surface area contributed by atoms with E-state index in [2.05, 4.69) is 10.3 Å². The van der Waals surface area contributed by atoms with Gasteiger partial charge in [0.25, 0.3) is 11.5 Å². The first-order chi connectivity index (χ1) is 13.1. The fraction of sp³-hybridized carbons (Fsp3) is 0.500. The molecule has 2 heterocycles. The van der Waals surface area contributed by atoms with Crippen LogP contribution >= 0.6 is 0 Å². The van der Waals surface area contributed by atoms with Gasteiger partial charge in [0.05, 0.1) is 16.5 Å². The molecular weight excluding hydrogens is 346 g/mol. The van der Waals surface area contributed by atoms with Gasteiger partial charge < -0.3 is 10.1 Å². The van der Waals surface area contributed by atoms with Crippen molar-refractivity contribution in [3.8, 4) is 0 Å². The maximum Gasteiger partial charge on any atom is 0.338 e. The summed E-state index contributed by atoms with van der Waals surface area (Å²) in [5, 5.41) is 3.19. The molecule has 0 unspecified atom stereocenters. The third-order valence-corrected chi connectivity index (χ3v) is 4.74. The van der Waals surface area contributed by atoms with Crippen LogP contribution in [0.1, 0.15) is 55.2 Å². The van der Waals surface area contributed by atoms with Crippen molar-refractivity contribution in [3.63, 3.8) is 0 Å². The Kier molecular flexibility index (Phi) is 6.21. The Labute approximate surface area is 157 Å². The van der Waals surface area contributed by atoms with Gasteiger partial charge >= 0.3 is 5.97 Å². The second-order valence-electron chi connectivity index (χ2n) is 6.81. The summed E-state index contributed by atoms with van der Waals surface area (Å²) < 4.78 is 6.81. The lowest BCUT2D eigenvalue weighted by atomic mass is 10.1. The zero-order chi connectivity index (χ0) is 19.2. The van der Waals surface area contributed by atoms with Crippen molar-refractivity contribution in [3.05, 3.63) is 39.9 Å². The SMILES string of the molecule is CCCCNC(=O)COC(=O)c1ccc2c(=O)n3c(nc2c1)CCCCC3. The number of rotatable bonds is 6. The average Bonchev–Trinajstić information content (AvgIpc) is 2.91. The molecule has 1 aromatic carbocycles. The Hall–Kier alpha value is -2.70. The number of amides is 1. The molecule has 1 aliphatic heterocycles. The highest BCUT2D eigenvalue weighted by Gasteiger charge is 2.16. The largest absolute Gasteiger partial charge is 0.452 e. The zero-order valence-electron chi connectivity index (χ0n) is 15.6. The molecule has 2 aromatic rings. The third kappa shape index (κ3) is 4.53. The quantitative estimate of drug-likeness (QED) is 0.621. The molecule has 1 aliphatic rings. The van der Waals surface area contributed by atoms with Crippen molar-refractivity contribution < 1.29 is 14.3 Å². The van der Waals surface area contributed by atoms with Gasteiger partial charge in [0, 0.05) is 19.5 Å². The molecule has 27 heavy (non-hydrogen) atoms. The van der Waals surface area contributed by atoms with Crippen molar-refractivity contribution in [2.24, 2.45) is 0 Å².